The quantitative estimate of drug-likeness (QED) is 0.785. The Morgan fingerprint density at radius 2 is 1.82 bits per heavy atom. The molecule has 2 aromatic rings. The molecule has 2 unspecified atom stereocenters. The number of hydrogen-bond acceptors (Lipinski definition) is 3. The number of furan rings is 1. The van der Waals surface area contributed by atoms with E-state index in [2.05, 4.69) is 4.90 Å². The van der Waals surface area contributed by atoms with Gasteiger partial charge in [0.1, 0.15) is 16.6 Å². The van der Waals surface area contributed by atoms with E-state index in [1.165, 1.54) is 6.07 Å². The van der Waals surface area contributed by atoms with Crippen LogP contribution in [0.2, 0.25) is 0 Å². The third-order valence-corrected chi connectivity index (χ3v) is 4.12. The van der Waals surface area contributed by atoms with Crippen LogP contribution in [0, 0.1) is 5.82 Å². The van der Waals surface area contributed by atoms with Crippen molar-refractivity contribution in [2.24, 2.45) is 0 Å². The highest BCUT2D eigenvalue weighted by Crippen LogP contribution is 2.26. The monoisotopic (exact) mass is 319 g/mol. The average molecular weight is 319 g/mol. The molecule has 1 fully saturated rings. The number of halogens is 1. The maximum absolute atomic E-state index is 13.8. The van der Waals surface area contributed by atoms with Gasteiger partial charge in [-0.3, -0.25) is 0 Å². The fourth-order valence-corrected chi connectivity index (χ4v) is 3.02. The van der Waals surface area contributed by atoms with Crippen molar-refractivity contribution in [1.29, 1.82) is 0 Å². The maximum atomic E-state index is 13.8. The molecule has 1 aromatic heterocycles. The normalized spacial score (nSPS) is 21.9. The molecule has 1 aliphatic rings. The lowest BCUT2D eigenvalue weighted by Gasteiger charge is -2.36. The molecule has 0 N–H and O–H groups in total. The maximum Gasteiger partial charge on any atom is 0.162 e. The Balaban J connectivity index is 1.82. The van der Waals surface area contributed by atoms with Gasteiger partial charge in [0.05, 0.1) is 17.8 Å². The van der Waals surface area contributed by atoms with Crippen LogP contribution in [-0.4, -0.2) is 35.2 Å². The third kappa shape index (κ3) is 3.05. The molecule has 22 heavy (non-hydrogen) atoms. The lowest BCUT2D eigenvalue weighted by atomic mass is 10.1. The van der Waals surface area contributed by atoms with Crippen LogP contribution in [0.1, 0.15) is 19.6 Å². The summed E-state index contributed by atoms with van der Waals surface area (Å²) in [6.45, 7) is 5.52. The lowest BCUT2D eigenvalue weighted by Crippen LogP contribution is -2.47. The zero-order valence-corrected chi connectivity index (χ0v) is 13.4. The van der Waals surface area contributed by atoms with Gasteiger partial charge in [-0.05, 0) is 38.1 Å². The minimum atomic E-state index is -0.303. The highest BCUT2D eigenvalue weighted by molar-refractivity contribution is 7.80. The van der Waals surface area contributed by atoms with E-state index in [4.69, 9.17) is 21.4 Å². The fraction of sp³-hybridized carbons (Fsp3) is 0.353. The van der Waals surface area contributed by atoms with E-state index in [0.717, 1.165) is 13.1 Å². The van der Waals surface area contributed by atoms with Crippen molar-refractivity contribution in [3.05, 3.63) is 48.0 Å². The molecule has 2 atom stereocenters. The molecule has 1 aliphatic heterocycles. The standard InChI is InChI=1S/C17H18FNO2S/c1-11-9-19(10-12(2)20-11)17(22)16-8-7-15(21-16)13-5-3-4-6-14(13)18/h3-8,11-12H,9-10H2,1-2H3. The largest absolute Gasteiger partial charge is 0.454 e. The molecule has 1 saturated heterocycles. The Labute approximate surface area is 134 Å². The van der Waals surface area contributed by atoms with Crippen molar-refractivity contribution >= 4 is 17.2 Å². The van der Waals surface area contributed by atoms with Gasteiger partial charge in [-0.15, -0.1) is 0 Å². The SMILES string of the molecule is CC1CN(C(=S)c2ccc(-c3ccccc3F)o2)CC(C)O1. The molecule has 0 amide bonds. The van der Waals surface area contributed by atoms with Crippen molar-refractivity contribution in [3.8, 4) is 11.3 Å². The summed E-state index contributed by atoms with van der Waals surface area (Å²) in [7, 11) is 0. The van der Waals surface area contributed by atoms with Crippen molar-refractivity contribution < 1.29 is 13.5 Å². The Kier molecular flexibility index (Phi) is 4.27. The first-order valence-corrected chi connectivity index (χ1v) is 7.75. The molecule has 0 saturated carbocycles. The van der Waals surface area contributed by atoms with Gasteiger partial charge in [-0.25, -0.2) is 4.39 Å². The Hall–Kier alpha value is -1.72. The van der Waals surface area contributed by atoms with Crippen LogP contribution >= 0.6 is 12.2 Å². The molecule has 1 aromatic carbocycles. The molecule has 0 aliphatic carbocycles. The number of benzene rings is 1. The van der Waals surface area contributed by atoms with Gasteiger partial charge >= 0.3 is 0 Å². The van der Waals surface area contributed by atoms with Gasteiger partial charge in [-0.2, -0.15) is 0 Å². The van der Waals surface area contributed by atoms with Crippen molar-refractivity contribution in [2.75, 3.05) is 13.1 Å². The number of thiocarbonyl (C=S) groups is 1. The second kappa shape index (κ2) is 6.18. The first kappa shape index (κ1) is 15.2. The van der Waals surface area contributed by atoms with E-state index in [1.54, 1.807) is 30.3 Å². The Bertz CT molecular complexity index is 675. The van der Waals surface area contributed by atoms with Gasteiger partial charge in [0.15, 0.2) is 5.76 Å². The van der Waals surface area contributed by atoms with Crippen LogP contribution in [0.15, 0.2) is 40.8 Å². The number of ether oxygens (including phenoxy) is 1. The summed E-state index contributed by atoms with van der Waals surface area (Å²) >= 11 is 5.53. The van der Waals surface area contributed by atoms with Crippen molar-refractivity contribution in [3.63, 3.8) is 0 Å². The van der Waals surface area contributed by atoms with Crippen LogP contribution in [-0.2, 0) is 4.74 Å². The minimum Gasteiger partial charge on any atom is -0.454 e. The molecule has 116 valence electrons. The van der Waals surface area contributed by atoms with E-state index in [9.17, 15) is 4.39 Å². The first-order valence-electron chi connectivity index (χ1n) is 7.34. The van der Waals surface area contributed by atoms with E-state index in [0.29, 0.717) is 22.1 Å². The predicted octanol–water partition coefficient (Wildman–Crippen LogP) is 3.87. The Morgan fingerprint density at radius 3 is 2.50 bits per heavy atom. The highest BCUT2D eigenvalue weighted by Gasteiger charge is 2.26. The lowest BCUT2D eigenvalue weighted by molar-refractivity contribution is -0.0474. The molecule has 3 rings (SSSR count). The van der Waals surface area contributed by atoms with Crippen molar-refractivity contribution in [1.82, 2.24) is 4.90 Å². The van der Waals surface area contributed by atoms with Gasteiger partial charge in [0.25, 0.3) is 0 Å². The van der Waals surface area contributed by atoms with Gasteiger partial charge < -0.3 is 14.1 Å². The van der Waals surface area contributed by atoms with Gasteiger partial charge in [-0.1, -0.05) is 24.4 Å². The molecular weight excluding hydrogens is 301 g/mol. The summed E-state index contributed by atoms with van der Waals surface area (Å²) < 4.78 is 25.3. The van der Waals surface area contributed by atoms with Crippen LogP contribution in [0.5, 0.6) is 0 Å². The van der Waals surface area contributed by atoms with Gasteiger partial charge in [0.2, 0.25) is 0 Å². The van der Waals surface area contributed by atoms with Crippen LogP contribution in [0.4, 0.5) is 4.39 Å². The molecular formula is C17H18FNO2S. The van der Waals surface area contributed by atoms with Crippen LogP contribution in [0.3, 0.4) is 0 Å². The molecule has 0 radical (unpaired) electrons. The van der Waals surface area contributed by atoms with Crippen LogP contribution in [0.25, 0.3) is 11.3 Å². The average Bonchev–Trinajstić information content (AvgIpc) is 2.95. The van der Waals surface area contributed by atoms with Crippen LogP contribution < -0.4 is 0 Å². The highest BCUT2D eigenvalue weighted by atomic mass is 32.1. The number of morpholine rings is 1. The van der Waals surface area contributed by atoms with E-state index in [1.807, 2.05) is 13.8 Å². The minimum absolute atomic E-state index is 0.128. The number of rotatable bonds is 2. The molecule has 0 spiro atoms. The summed E-state index contributed by atoms with van der Waals surface area (Å²) in [6, 6.07) is 10.1. The second-order valence-electron chi connectivity index (χ2n) is 5.61. The van der Waals surface area contributed by atoms with Gasteiger partial charge in [0, 0.05) is 13.1 Å². The molecule has 0 bridgehead atoms. The fourth-order valence-electron chi connectivity index (χ4n) is 2.76. The summed E-state index contributed by atoms with van der Waals surface area (Å²) in [5.41, 5.74) is 0.445. The summed E-state index contributed by atoms with van der Waals surface area (Å²) in [5.74, 6) is 0.780. The smallest absolute Gasteiger partial charge is 0.162 e. The zero-order chi connectivity index (χ0) is 15.7. The molecule has 5 heteroatoms. The molecule has 3 nitrogen and oxygen atoms in total. The number of hydrogen-bond donors (Lipinski definition) is 0. The Morgan fingerprint density at radius 1 is 1.14 bits per heavy atom. The topological polar surface area (TPSA) is 25.6 Å². The van der Waals surface area contributed by atoms with E-state index >= 15 is 0 Å². The number of nitrogens with zero attached hydrogens (tertiary/aromatic N) is 1. The summed E-state index contributed by atoms with van der Waals surface area (Å²) in [5, 5.41) is 0. The zero-order valence-electron chi connectivity index (χ0n) is 12.6. The van der Waals surface area contributed by atoms with Crippen molar-refractivity contribution in [2.45, 2.75) is 26.1 Å². The predicted molar refractivity (Wildman–Crippen MR) is 87.4 cm³/mol. The summed E-state index contributed by atoms with van der Waals surface area (Å²) in [6.07, 6.45) is 0.255. The summed E-state index contributed by atoms with van der Waals surface area (Å²) in [4.78, 5) is 2.72. The third-order valence-electron chi connectivity index (χ3n) is 3.66. The van der Waals surface area contributed by atoms with E-state index in [-0.39, 0.29) is 18.0 Å². The first-order chi connectivity index (χ1) is 10.5. The molecule has 2 heterocycles. The van der Waals surface area contributed by atoms with E-state index < -0.39 is 0 Å². The second-order valence-corrected chi connectivity index (χ2v) is 6.00.